The minimum absolute atomic E-state index is 0.0281. The van der Waals surface area contributed by atoms with Crippen molar-refractivity contribution < 1.29 is 4.79 Å². The molecule has 0 spiro atoms. The molecule has 1 aliphatic carbocycles. The van der Waals surface area contributed by atoms with Gasteiger partial charge in [-0.15, -0.1) is 16.4 Å². The molecular weight excluding hydrogens is 346 g/mol. The fraction of sp³-hybridized carbons (Fsp3) is 0.579. The Morgan fingerprint density at radius 3 is 2.96 bits per heavy atom. The Morgan fingerprint density at radius 1 is 1.23 bits per heavy atom. The Hall–Kier alpha value is -2.02. The van der Waals surface area contributed by atoms with Crippen LogP contribution in [0, 0.1) is 6.92 Å². The van der Waals surface area contributed by atoms with Crippen LogP contribution in [0.1, 0.15) is 65.9 Å². The van der Waals surface area contributed by atoms with Crippen LogP contribution in [0.2, 0.25) is 0 Å². The van der Waals surface area contributed by atoms with Crippen molar-refractivity contribution in [3.05, 3.63) is 22.1 Å². The average molecular weight is 369 g/mol. The number of hydrogen-bond acceptors (Lipinski definition) is 5. The van der Waals surface area contributed by atoms with E-state index in [2.05, 4.69) is 12.0 Å². The molecule has 0 N–H and O–H groups in total. The van der Waals surface area contributed by atoms with E-state index in [1.54, 1.807) is 15.9 Å². The number of aromatic nitrogens is 4. The molecule has 1 atom stereocenters. The topological polar surface area (TPSA) is 63.4 Å². The largest absolute Gasteiger partial charge is 0.333 e. The molecule has 0 unspecified atom stereocenters. The second-order valence-electron chi connectivity index (χ2n) is 7.42. The number of rotatable bonds is 2. The van der Waals surface area contributed by atoms with Crippen LogP contribution < -0.4 is 0 Å². The van der Waals surface area contributed by atoms with Gasteiger partial charge in [0.25, 0.3) is 5.91 Å². The minimum atomic E-state index is -0.0281. The van der Waals surface area contributed by atoms with Gasteiger partial charge in [0, 0.05) is 17.5 Å². The smallest absolute Gasteiger partial charge is 0.293 e. The van der Waals surface area contributed by atoms with E-state index >= 15 is 0 Å². The van der Waals surface area contributed by atoms with Gasteiger partial charge < -0.3 is 4.90 Å². The standard InChI is InChI=1S/C19H23N5OS/c1-3-12-7-4-5-10-23(12)19(25)16-21-17-15-13-8-6-9-14(13)26-18(15)20-11(2)24(17)22-16/h12H,3-10H2,1-2H3/t12-/m0/s1. The van der Waals surface area contributed by atoms with Gasteiger partial charge in [0.15, 0.2) is 5.65 Å². The van der Waals surface area contributed by atoms with E-state index < -0.39 is 0 Å². The summed E-state index contributed by atoms with van der Waals surface area (Å²) in [4.78, 5) is 27.0. The van der Waals surface area contributed by atoms with Gasteiger partial charge in [-0.3, -0.25) is 4.79 Å². The van der Waals surface area contributed by atoms with E-state index in [1.165, 1.54) is 23.3 Å². The SMILES string of the molecule is CC[C@H]1CCCCN1C(=O)c1nc2c3c4c(sc3nc(C)n2n1)CCC4. The van der Waals surface area contributed by atoms with Crippen LogP contribution >= 0.6 is 11.3 Å². The van der Waals surface area contributed by atoms with Gasteiger partial charge in [0.2, 0.25) is 5.82 Å². The molecule has 5 rings (SSSR count). The Bertz CT molecular complexity index is 1020. The normalized spacial score (nSPS) is 20.2. The molecule has 3 aromatic rings. The second kappa shape index (κ2) is 6.01. The number of likely N-dealkylation sites (tertiary alicyclic amines) is 1. The molecule has 2 aliphatic rings. The maximum Gasteiger partial charge on any atom is 0.293 e. The number of amides is 1. The first-order valence-corrected chi connectivity index (χ1v) is 10.5. The Kier molecular flexibility index (Phi) is 3.74. The lowest BCUT2D eigenvalue weighted by Gasteiger charge is -2.34. The highest BCUT2D eigenvalue weighted by Gasteiger charge is 2.30. The van der Waals surface area contributed by atoms with Gasteiger partial charge >= 0.3 is 0 Å². The fourth-order valence-corrected chi connectivity index (χ4v) is 5.81. The maximum absolute atomic E-state index is 13.1. The molecule has 136 valence electrons. The summed E-state index contributed by atoms with van der Waals surface area (Å²) < 4.78 is 1.77. The van der Waals surface area contributed by atoms with Crippen molar-refractivity contribution in [3.63, 3.8) is 0 Å². The summed E-state index contributed by atoms with van der Waals surface area (Å²) in [7, 11) is 0. The van der Waals surface area contributed by atoms with Crippen LogP contribution in [0.5, 0.6) is 0 Å². The number of aryl methyl sites for hydroxylation is 3. The van der Waals surface area contributed by atoms with Crippen molar-refractivity contribution in [1.82, 2.24) is 24.5 Å². The van der Waals surface area contributed by atoms with Crippen molar-refractivity contribution in [2.75, 3.05) is 6.54 Å². The zero-order chi connectivity index (χ0) is 17.8. The molecule has 0 saturated carbocycles. The molecule has 1 aliphatic heterocycles. The van der Waals surface area contributed by atoms with Gasteiger partial charge in [-0.25, -0.2) is 9.97 Å². The number of hydrogen-bond donors (Lipinski definition) is 0. The molecule has 7 heteroatoms. The van der Waals surface area contributed by atoms with Crippen molar-refractivity contribution >= 4 is 33.1 Å². The number of carbonyl (C=O) groups is 1. The van der Waals surface area contributed by atoms with Gasteiger partial charge in [-0.05, 0) is 57.4 Å². The molecule has 1 saturated heterocycles. The molecule has 4 heterocycles. The number of nitrogens with zero attached hydrogens (tertiary/aromatic N) is 5. The summed E-state index contributed by atoms with van der Waals surface area (Å²) >= 11 is 1.78. The lowest BCUT2D eigenvalue weighted by Crippen LogP contribution is -2.43. The fourth-order valence-electron chi connectivity index (χ4n) is 4.50. The summed E-state index contributed by atoms with van der Waals surface area (Å²) in [6.45, 7) is 4.91. The van der Waals surface area contributed by atoms with Gasteiger partial charge in [0.1, 0.15) is 10.7 Å². The van der Waals surface area contributed by atoms with Crippen LogP contribution in [-0.2, 0) is 12.8 Å². The summed E-state index contributed by atoms with van der Waals surface area (Å²) in [5.41, 5.74) is 2.18. The Morgan fingerprint density at radius 2 is 2.12 bits per heavy atom. The minimum Gasteiger partial charge on any atom is -0.333 e. The molecule has 0 bridgehead atoms. The predicted octanol–water partition coefficient (Wildman–Crippen LogP) is 3.54. The van der Waals surface area contributed by atoms with E-state index in [1.807, 2.05) is 11.8 Å². The van der Waals surface area contributed by atoms with Crippen molar-refractivity contribution in [2.24, 2.45) is 0 Å². The molecule has 6 nitrogen and oxygen atoms in total. The zero-order valence-electron chi connectivity index (χ0n) is 15.3. The quantitative estimate of drug-likeness (QED) is 0.693. The summed E-state index contributed by atoms with van der Waals surface area (Å²) in [5.74, 6) is 1.09. The first kappa shape index (κ1) is 16.2. The summed E-state index contributed by atoms with van der Waals surface area (Å²) in [5, 5.41) is 5.68. The highest BCUT2D eigenvalue weighted by molar-refractivity contribution is 7.19. The maximum atomic E-state index is 13.1. The number of fused-ring (bicyclic) bond motifs is 5. The highest BCUT2D eigenvalue weighted by Crippen LogP contribution is 2.38. The predicted molar refractivity (Wildman–Crippen MR) is 102 cm³/mol. The lowest BCUT2D eigenvalue weighted by molar-refractivity contribution is 0.0595. The number of thiophene rings is 1. The van der Waals surface area contributed by atoms with E-state index in [9.17, 15) is 4.79 Å². The zero-order valence-corrected chi connectivity index (χ0v) is 16.1. The van der Waals surface area contributed by atoms with Crippen LogP contribution in [-0.4, -0.2) is 43.0 Å². The molecular formula is C19H23N5OS. The van der Waals surface area contributed by atoms with Crippen molar-refractivity contribution in [3.8, 4) is 0 Å². The van der Waals surface area contributed by atoms with E-state index in [0.29, 0.717) is 11.9 Å². The van der Waals surface area contributed by atoms with Crippen LogP contribution in [0.3, 0.4) is 0 Å². The Balaban J connectivity index is 1.64. The van der Waals surface area contributed by atoms with Crippen molar-refractivity contribution in [2.45, 2.75) is 64.8 Å². The number of piperidine rings is 1. The number of carbonyl (C=O) groups excluding carboxylic acids is 1. The summed E-state index contributed by atoms with van der Waals surface area (Å²) in [6, 6.07) is 0.312. The highest BCUT2D eigenvalue weighted by atomic mass is 32.1. The van der Waals surface area contributed by atoms with Gasteiger partial charge in [0.05, 0.1) is 5.39 Å². The van der Waals surface area contributed by atoms with Crippen molar-refractivity contribution in [1.29, 1.82) is 0 Å². The van der Waals surface area contributed by atoms with E-state index in [4.69, 9.17) is 9.97 Å². The van der Waals surface area contributed by atoms with Gasteiger partial charge in [-0.2, -0.15) is 4.52 Å². The third-order valence-electron chi connectivity index (χ3n) is 5.85. The average Bonchev–Trinajstić information content (AvgIpc) is 3.34. The molecule has 0 aromatic carbocycles. The second-order valence-corrected chi connectivity index (χ2v) is 8.51. The van der Waals surface area contributed by atoms with Gasteiger partial charge in [-0.1, -0.05) is 6.92 Å². The molecule has 26 heavy (non-hydrogen) atoms. The monoisotopic (exact) mass is 369 g/mol. The lowest BCUT2D eigenvalue weighted by atomic mass is 10.00. The molecule has 3 aromatic heterocycles. The van der Waals surface area contributed by atoms with E-state index in [0.717, 1.165) is 60.3 Å². The molecule has 1 fully saturated rings. The van der Waals surface area contributed by atoms with Crippen LogP contribution in [0.15, 0.2) is 0 Å². The first-order valence-electron chi connectivity index (χ1n) is 9.66. The third kappa shape index (κ3) is 2.29. The molecule has 1 amide bonds. The Labute approximate surface area is 156 Å². The van der Waals surface area contributed by atoms with Crippen LogP contribution in [0.25, 0.3) is 15.9 Å². The summed E-state index contributed by atoms with van der Waals surface area (Å²) in [6.07, 6.45) is 7.75. The third-order valence-corrected chi connectivity index (χ3v) is 7.04. The van der Waals surface area contributed by atoms with E-state index in [-0.39, 0.29) is 5.91 Å². The first-order chi connectivity index (χ1) is 12.7. The van der Waals surface area contributed by atoms with Crippen LogP contribution in [0.4, 0.5) is 0 Å². The molecule has 0 radical (unpaired) electrons.